The Balaban J connectivity index is 0.000000310. The zero-order chi connectivity index (χ0) is 42.8. The Bertz CT molecular complexity index is 1860. The maximum Gasteiger partial charge on any atom is 0.334 e. The molecule has 0 saturated heterocycles. The lowest BCUT2D eigenvalue weighted by Crippen LogP contribution is -2.48. The number of benzene rings is 2. The monoisotopic (exact) mass is 810 g/mol. The van der Waals surface area contributed by atoms with Crippen LogP contribution in [0.15, 0.2) is 85.3 Å². The zero-order valence-electron chi connectivity index (χ0n) is 31.9. The van der Waals surface area contributed by atoms with Gasteiger partial charge in [-0.15, -0.1) is 0 Å². The molecule has 14 nitrogen and oxygen atoms in total. The second kappa shape index (κ2) is 22.7. The summed E-state index contributed by atoms with van der Waals surface area (Å²) in [6, 6.07) is 9.31. The van der Waals surface area contributed by atoms with Crippen LogP contribution < -0.4 is 21.3 Å². The number of hydrogen-bond donors (Lipinski definition) is 4. The van der Waals surface area contributed by atoms with Gasteiger partial charge in [0, 0.05) is 30.7 Å². The summed E-state index contributed by atoms with van der Waals surface area (Å²) in [6.07, 6.45) is 3.79. The van der Waals surface area contributed by atoms with Crippen LogP contribution in [-0.2, 0) is 51.1 Å². The van der Waals surface area contributed by atoms with E-state index < -0.39 is 83.0 Å². The SMILES string of the molecule is CCOC(=O)C(NC(=O)[C@H](C)NC(=O)Cc1cc(F)cc(F)c1)c1ccccn1.CCOC(=O)C(NC(=O)[C@H](C)NC(=O)Cc1cc(F)cc(F)c1)c1ccncc1. The van der Waals surface area contributed by atoms with Gasteiger partial charge in [-0.2, -0.15) is 0 Å². The Kier molecular flexibility index (Phi) is 17.9. The molecule has 0 aliphatic rings. The summed E-state index contributed by atoms with van der Waals surface area (Å²) in [6.45, 7) is 6.37. The highest BCUT2D eigenvalue weighted by Crippen LogP contribution is 2.15. The van der Waals surface area contributed by atoms with Gasteiger partial charge >= 0.3 is 11.9 Å². The number of rotatable bonds is 16. The van der Waals surface area contributed by atoms with Crippen molar-refractivity contribution in [3.8, 4) is 0 Å². The van der Waals surface area contributed by atoms with E-state index in [1.54, 1.807) is 44.2 Å². The van der Waals surface area contributed by atoms with Crippen molar-refractivity contribution in [2.75, 3.05) is 13.2 Å². The van der Waals surface area contributed by atoms with E-state index in [0.717, 1.165) is 24.3 Å². The van der Waals surface area contributed by atoms with E-state index >= 15 is 0 Å². The van der Waals surface area contributed by atoms with E-state index in [1.807, 2.05) is 0 Å². The fourth-order valence-electron chi connectivity index (χ4n) is 5.13. The lowest BCUT2D eigenvalue weighted by Gasteiger charge is -2.20. The number of carbonyl (C=O) groups excluding carboxylic acids is 6. The van der Waals surface area contributed by atoms with E-state index in [0.29, 0.717) is 17.7 Å². The van der Waals surface area contributed by atoms with Crippen molar-refractivity contribution >= 4 is 35.6 Å². The number of nitrogens with one attached hydrogen (secondary N) is 4. The van der Waals surface area contributed by atoms with Gasteiger partial charge in [-0.3, -0.25) is 29.1 Å². The molecule has 58 heavy (non-hydrogen) atoms. The quantitative estimate of drug-likeness (QED) is 0.0959. The third kappa shape index (κ3) is 15.1. The van der Waals surface area contributed by atoms with Gasteiger partial charge in [-0.05, 0) is 92.9 Å². The molecule has 4 atom stereocenters. The number of amides is 4. The molecule has 0 aliphatic heterocycles. The van der Waals surface area contributed by atoms with Gasteiger partial charge < -0.3 is 30.7 Å². The molecule has 2 unspecified atom stereocenters. The van der Waals surface area contributed by atoms with Crippen LogP contribution in [0.5, 0.6) is 0 Å². The average Bonchev–Trinajstić information content (AvgIpc) is 3.15. The summed E-state index contributed by atoms with van der Waals surface area (Å²) >= 11 is 0. The van der Waals surface area contributed by atoms with Gasteiger partial charge in [-0.1, -0.05) is 6.07 Å². The smallest absolute Gasteiger partial charge is 0.334 e. The lowest BCUT2D eigenvalue weighted by atomic mass is 10.1. The molecule has 18 heteroatoms. The van der Waals surface area contributed by atoms with Gasteiger partial charge in [0.25, 0.3) is 0 Å². The van der Waals surface area contributed by atoms with E-state index in [-0.39, 0.29) is 42.9 Å². The molecule has 2 aromatic carbocycles. The summed E-state index contributed by atoms with van der Waals surface area (Å²) in [5.74, 6) is -7.02. The molecule has 0 aliphatic carbocycles. The third-order valence-electron chi connectivity index (χ3n) is 7.76. The molecule has 0 bridgehead atoms. The molecular weight excluding hydrogens is 768 g/mol. The number of pyridine rings is 2. The van der Waals surface area contributed by atoms with Crippen LogP contribution >= 0.6 is 0 Å². The number of ether oxygens (including phenoxy) is 2. The number of hydrogen-bond acceptors (Lipinski definition) is 10. The van der Waals surface area contributed by atoms with Crippen molar-refractivity contribution in [3.05, 3.63) is 131 Å². The van der Waals surface area contributed by atoms with Gasteiger partial charge in [0.05, 0.1) is 31.7 Å². The number of aromatic nitrogens is 2. The van der Waals surface area contributed by atoms with Crippen molar-refractivity contribution in [2.24, 2.45) is 0 Å². The van der Waals surface area contributed by atoms with Crippen molar-refractivity contribution < 1.29 is 55.8 Å². The topological polar surface area (TPSA) is 195 Å². The Hall–Kier alpha value is -6.72. The average molecular weight is 811 g/mol. The predicted molar refractivity (Wildman–Crippen MR) is 199 cm³/mol. The number of esters is 2. The van der Waals surface area contributed by atoms with Crippen molar-refractivity contribution in [3.63, 3.8) is 0 Å². The minimum Gasteiger partial charge on any atom is -0.464 e. The van der Waals surface area contributed by atoms with Crippen LogP contribution in [0.1, 0.15) is 62.2 Å². The normalized spacial score (nSPS) is 12.6. The number of carbonyl (C=O) groups is 6. The first kappa shape index (κ1) is 45.7. The van der Waals surface area contributed by atoms with Crippen molar-refractivity contribution in [1.29, 1.82) is 0 Å². The maximum atomic E-state index is 13.2. The Labute approximate surface area is 331 Å². The van der Waals surface area contributed by atoms with Gasteiger partial charge in [0.1, 0.15) is 35.4 Å². The summed E-state index contributed by atoms with van der Waals surface area (Å²) in [7, 11) is 0. The van der Waals surface area contributed by atoms with Crippen molar-refractivity contribution in [2.45, 2.75) is 64.7 Å². The molecule has 2 aromatic heterocycles. The van der Waals surface area contributed by atoms with Crippen LogP contribution in [-0.4, -0.2) is 70.8 Å². The summed E-state index contributed by atoms with van der Waals surface area (Å²) < 4.78 is 62.9. The molecule has 2 heterocycles. The highest BCUT2D eigenvalue weighted by molar-refractivity contribution is 5.92. The minimum atomic E-state index is -1.14. The first-order valence-electron chi connectivity index (χ1n) is 17.8. The van der Waals surface area contributed by atoms with Gasteiger partial charge in [0.15, 0.2) is 12.1 Å². The number of halogens is 4. The molecule has 0 fully saturated rings. The molecule has 4 aromatic rings. The molecule has 4 N–H and O–H groups in total. The van der Waals surface area contributed by atoms with E-state index in [1.165, 1.54) is 32.4 Å². The second-order valence-corrected chi connectivity index (χ2v) is 12.4. The fraction of sp³-hybridized carbons (Fsp3) is 0.300. The summed E-state index contributed by atoms with van der Waals surface area (Å²) in [5.41, 5.74) is 1.02. The number of nitrogens with zero attached hydrogens (tertiary/aromatic N) is 2. The fourth-order valence-corrected chi connectivity index (χ4v) is 5.13. The largest absolute Gasteiger partial charge is 0.464 e. The minimum absolute atomic E-state index is 0.120. The molecule has 308 valence electrons. The highest BCUT2D eigenvalue weighted by Gasteiger charge is 2.29. The molecule has 0 saturated carbocycles. The first-order chi connectivity index (χ1) is 27.6. The molecule has 4 amide bonds. The zero-order valence-corrected chi connectivity index (χ0v) is 31.9. The van der Waals surface area contributed by atoms with Gasteiger partial charge in [-0.25, -0.2) is 27.2 Å². The first-order valence-corrected chi connectivity index (χ1v) is 17.8. The van der Waals surface area contributed by atoms with Crippen LogP contribution in [0.2, 0.25) is 0 Å². The Morgan fingerprint density at radius 3 is 1.43 bits per heavy atom. The van der Waals surface area contributed by atoms with Crippen LogP contribution in [0.3, 0.4) is 0 Å². The highest BCUT2D eigenvalue weighted by atomic mass is 19.1. The molecule has 4 rings (SSSR count). The van der Waals surface area contributed by atoms with Crippen LogP contribution in [0.4, 0.5) is 17.6 Å². The standard InChI is InChI=1S/2C20H21F2N3O4/c1-3-29-20(28)18(14-4-6-23-7-5-14)25-19(27)12(2)24-17(26)10-13-8-15(21)11-16(22)9-13;1-3-29-20(28)18(16-6-4-5-7-23-16)25-19(27)12(2)24-17(26)10-13-8-14(21)11-15(22)9-13/h2*4-9,11-12,18H,3,10H2,1-2H3,(H,24,26)(H,25,27)/t2*12-,18?/m00/s1. The van der Waals surface area contributed by atoms with Gasteiger partial charge in [0.2, 0.25) is 23.6 Å². The Morgan fingerprint density at radius 1 is 0.586 bits per heavy atom. The van der Waals surface area contributed by atoms with Crippen LogP contribution in [0.25, 0.3) is 0 Å². The van der Waals surface area contributed by atoms with E-state index in [4.69, 9.17) is 9.47 Å². The lowest BCUT2D eigenvalue weighted by molar-refractivity contribution is -0.148. The van der Waals surface area contributed by atoms with E-state index in [9.17, 15) is 46.3 Å². The predicted octanol–water partition coefficient (Wildman–Crippen LogP) is 3.66. The molecule has 0 spiro atoms. The van der Waals surface area contributed by atoms with E-state index in [2.05, 4.69) is 31.2 Å². The Morgan fingerprint density at radius 2 is 1.02 bits per heavy atom. The summed E-state index contributed by atoms with van der Waals surface area (Å²) in [5, 5.41) is 9.88. The molecular formula is C40H42F4N6O8. The summed E-state index contributed by atoms with van der Waals surface area (Å²) in [4.78, 5) is 81.4. The maximum absolute atomic E-state index is 13.2. The third-order valence-corrected chi connectivity index (χ3v) is 7.76. The van der Waals surface area contributed by atoms with Crippen molar-refractivity contribution in [1.82, 2.24) is 31.2 Å². The van der Waals surface area contributed by atoms with Crippen LogP contribution in [0, 0.1) is 23.3 Å². The molecule has 0 radical (unpaired) electrons. The second-order valence-electron chi connectivity index (χ2n) is 12.4.